The summed E-state index contributed by atoms with van der Waals surface area (Å²) in [6.07, 6.45) is 0. The molecule has 0 amide bonds. The van der Waals surface area contributed by atoms with Crippen molar-refractivity contribution in [3.05, 3.63) is 69.0 Å². The van der Waals surface area contributed by atoms with Gasteiger partial charge >= 0.3 is 5.63 Å². The number of quaternary nitrogens is 1. The summed E-state index contributed by atoms with van der Waals surface area (Å²) in [5.74, 6) is 0.850. The minimum absolute atomic E-state index is 0.0668. The second kappa shape index (κ2) is 7.17. The van der Waals surface area contributed by atoms with Crippen molar-refractivity contribution in [3.8, 4) is 11.5 Å². The molecule has 2 aromatic carbocycles. The summed E-state index contributed by atoms with van der Waals surface area (Å²) in [7, 11) is 3.66. The van der Waals surface area contributed by atoms with E-state index in [1.165, 1.54) is 12.1 Å². The number of benzene rings is 2. The van der Waals surface area contributed by atoms with Crippen LogP contribution in [0.5, 0.6) is 11.5 Å². The maximum absolute atomic E-state index is 11.8. The zero-order valence-corrected chi connectivity index (χ0v) is 14.8. The molecule has 2 N–H and O–H groups in total. The molecular weight excluding hydrogens is 342 g/mol. The fourth-order valence-corrected chi connectivity index (χ4v) is 3.16. The Balaban J connectivity index is 1.89. The zero-order chi connectivity index (χ0) is 18.0. The van der Waals surface area contributed by atoms with Gasteiger partial charge in [0, 0.05) is 33.7 Å². The van der Waals surface area contributed by atoms with Gasteiger partial charge in [0.2, 0.25) is 0 Å². The third-order valence-electron chi connectivity index (χ3n) is 4.04. The summed E-state index contributed by atoms with van der Waals surface area (Å²) in [6, 6.07) is 11.8. The molecule has 0 aliphatic rings. The average Bonchev–Trinajstić information content (AvgIpc) is 2.54. The van der Waals surface area contributed by atoms with Crippen LogP contribution in [0.3, 0.4) is 0 Å². The van der Waals surface area contributed by atoms with Crippen molar-refractivity contribution in [1.82, 2.24) is 0 Å². The maximum Gasteiger partial charge on any atom is 0.336 e. The van der Waals surface area contributed by atoms with Gasteiger partial charge in [-0.3, -0.25) is 0 Å². The number of fused-ring (bicyclic) bond motifs is 1. The van der Waals surface area contributed by atoms with Crippen LogP contribution in [0.2, 0.25) is 5.02 Å². The lowest BCUT2D eigenvalue weighted by Crippen LogP contribution is -3.06. The fraction of sp³-hybridized carbons (Fsp3) is 0.211. The fourth-order valence-electron chi connectivity index (χ4n) is 2.96. The normalized spacial score (nSPS) is 12.3. The molecule has 0 aliphatic heterocycles. The number of aromatic hydroxyl groups is 1. The van der Waals surface area contributed by atoms with Crippen LogP contribution in [0.25, 0.3) is 11.0 Å². The Morgan fingerprint density at radius 2 is 1.88 bits per heavy atom. The summed E-state index contributed by atoms with van der Waals surface area (Å²) >= 11 is 6.09. The van der Waals surface area contributed by atoms with E-state index in [2.05, 4.69) is 0 Å². The maximum atomic E-state index is 11.8. The Labute approximate surface area is 150 Å². The first-order valence-corrected chi connectivity index (χ1v) is 8.23. The summed E-state index contributed by atoms with van der Waals surface area (Å²) in [6.45, 7) is 1.30. The Morgan fingerprint density at radius 1 is 1.12 bits per heavy atom. The highest BCUT2D eigenvalue weighted by atomic mass is 35.5. The third kappa shape index (κ3) is 3.95. The van der Waals surface area contributed by atoms with Crippen molar-refractivity contribution in [2.75, 3.05) is 14.2 Å². The first kappa shape index (κ1) is 17.3. The number of hydrogen-bond acceptors (Lipinski definition) is 4. The number of phenolic OH excluding ortho intramolecular Hbond substituents is 1. The van der Waals surface area contributed by atoms with E-state index >= 15 is 0 Å². The molecule has 130 valence electrons. The molecule has 3 rings (SSSR count). The van der Waals surface area contributed by atoms with Gasteiger partial charge in [0.25, 0.3) is 0 Å². The number of nitrogens with one attached hydrogen (secondary N) is 1. The van der Waals surface area contributed by atoms with Crippen LogP contribution in [0.1, 0.15) is 11.1 Å². The average molecular weight is 361 g/mol. The van der Waals surface area contributed by atoms with Gasteiger partial charge in [-0.15, -0.1) is 0 Å². The van der Waals surface area contributed by atoms with Gasteiger partial charge in [0.1, 0.15) is 30.2 Å². The van der Waals surface area contributed by atoms with E-state index < -0.39 is 5.63 Å². The van der Waals surface area contributed by atoms with E-state index in [0.29, 0.717) is 23.7 Å². The Kier molecular flexibility index (Phi) is 4.97. The molecule has 0 fully saturated rings. The lowest BCUT2D eigenvalue weighted by molar-refractivity contribution is -0.907. The van der Waals surface area contributed by atoms with Crippen LogP contribution in [0, 0.1) is 0 Å². The zero-order valence-electron chi connectivity index (χ0n) is 14.0. The molecule has 6 heteroatoms. The molecule has 0 saturated carbocycles. The van der Waals surface area contributed by atoms with Crippen molar-refractivity contribution < 1.29 is 19.2 Å². The third-order valence-corrected chi connectivity index (χ3v) is 4.28. The van der Waals surface area contributed by atoms with E-state index in [9.17, 15) is 9.90 Å². The SMILES string of the molecule is COc1ccc(Cl)cc1C[NH+](C)Cc1cc(=O)oc2cc(O)ccc12. The van der Waals surface area contributed by atoms with Crippen LogP contribution in [0.15, 0.2) is 51.7 Å². The van der Waals surface area contributed by atoms with Crippen LogP contribution < -0.4 is 15.3 Å². The first-order valence-electron chi connectivity index (χ1n) is 7.85. The smallest absolute Gasteiger partial charge is 0.336 e. The van der Waals surface area contributed by atoms with E-state index in [1.807, 2.05) is 19.2 Å². The predicted octanol–water partition coefficient (Wildman–Crippen LogP) is 2.38. The van der Waals surface area contributed by atoms with Crippen LogP contribution in [-0.2, 0) is 13.1 Å². The van der Waals surface area contributed by atoms with Crippen molar-refractivity contribution in [2.45, 2.75) is 13.1 Å². The highest BCUT2D eigenvalue weighted by molar-refractivity contribution is 6.30. The molecule has 0 aliphatic carbocycles. The van der Waals surface area contributed by atoms with Crippen molar-refractivity contribution in [3.63, 3.8) is 0 Å². The topological polar surface area (TPSA) is 64.1 Å². The largest absolute Gasteiger partial charge is 0.508 e. The van der Waals surface area contributed by atoms with E-state index in [0.717, 1.165) is 27.2 Å². The van der Waals surface area contributed by atoms with Crippen molar-refractivity contribution >= 4 is 22.6 Å². The molecule has 0 radical (unpaired) electrons. The molecule has 0 saturated heterocycles. The number of methoxy groups -OCH3 is 1. The Hall–Kier alpha value is -2.50. The van der Waals surface area contributed by atoms with Gasteiger partial charge in [-0.05, 0) is 30.3 Å². The van der Waals surface area contributed by atoms with E-state index in [1.54, 1.807) is 25.3 Å². The summed E-state index contributed by atoms with van der Waals surface area (Å²) in [5.41, 5.74) is 1.82. The molecule has 3 aromatic rings. The monoisotopic (exact) mass is 360 g/mol. The second-order valence-electron chi connectivity index (χ2n) is 6.04. The minimum Gasteiger partial charge on any atom is -0.508 e. The minimum atomic E-state index is -0.429. The Morgan fingerprint density at radius 3 is 2.64 bits per heavy atom. The number of halogens is 1. The highest BCUT2D eigenvalue weighted by Crippen LogP contribution is 2.23. The second-order valence-corrected chi connectivity index (χ2v) is 6.47. The van der Waals surface area contributed by atoms with Gasteiger partial charge in [-0.1, -0.05) is 11.6 Å². The summed E-state index contributed by atoms with van der Waals surface area (Å²) < 4.78 is 10.6. The number of phenols is 1. The molecule has 1 aromatic heterocycles. The van der Waals surface area contributed by atoms with Crippen LogP contribution in [-0.4, -0.2) is 19.3 Å². The summed E-state index contributed by atoms with van der Waals surface area (Å²) in [5, 5.41) is 11.1. The van der Waals surface area contributed by atoms with Crippen molar-refractivity contribution in [1.29, 1.82) is 0 Å². The number of ether oxygens (including phenoxy) is 1. The molecule has 5 nitrogen and oxygen atoms in total. The lowest BCUT2D eigenvalue weighted by Gasteiger charge is -2.17. The summed E-state index contributed by atoms with van der Waals surface area (Å²) in [4.78, 5) is 13.0. The molecule has 0 spiro atoms. The predicted molar refractivity (Wildman–Crippen MR) is 96.4 cm³/mol. The van der Waals surface area contributed by atoms with Gasteiger partial charge in [0.05, 0.1) is 14.2 Å². The van der Waals surface area contributed by atoms with Gasteiger partial charge in [0.15, 0.2) is 0 Å². The van der Waals surface area contributed by atoms with Gasteiger partial charge in [-0.25, -0.2) is 4.79 Å². The number of rotatable bonds is 5. The Bertz CT molecular complexity index is 967. The van der Waals surface area contributed by atoms with Gasteiger partial charge < -0.3 is 19.2 Å². The molecule has 1 unspecified atom stereocenters. The molecule has 1 heterocycles. The van der Waals surface area contributed by atoms with Crippen LogP contribution in [0.4, 0.5) is 0 Å². The first-order chi connectivity index (χ1) is 12.0. The lowest BCUT2D eigenvalue weighted by atomic mass is 10.1. The molecule has 0 bridgehead atoms. The standard InChI is InChI=1S/C19H18ClNO4/c1-21(11-13-7-14(20)3-6-17(13)24-2)10-12-8-19(23)25-18-9-15(22)4-5-16(12)18/h3-9,22H,10-11H2,1-2H3/p+1. The quantitative estimate of drug-likeness (QED) is 0.686. The van der Waals surface area contributed by atoms with Crippen molar-refractivity contribution in [2.24, 2.45) is 0 Å². The highest BCUT2D eigenvalue weighted by Gasteiger charge is 2.14. The molecule has 1 atom stereocenters. The molecule has 25 heavy (non-hydrogen) atoms. The number of hydrogen-bond donors (Lipinski definition) is 2. The van der Waals surface area contributed by atoms with Gasteiger partial charge in [-0.2, -0.15) is 0 Å². The molecular formula is C19H19ClNO4+. The van der Waals surface area contributed by atoms with E-state index in [4.69, 9.17) is 20.8 Å². The van der Waals surface area contributed by atoms with Crippen LogP contribution >= 0.6 is 11.6 Å². The van der Waals surface area contributed by atoms with E-state index in [-0.39, 0.29) is 5.75 Å².